The van der Waals surface area contributed by atoms with Crippen LogP contribution in [0.4, 0.5) is 5.69 Å². The zero-order valence-corrected chi connectivity index (χ0v) is 15.1. The molecule has 0 radical (unpaired) electrons. The standard InChI is InChI=1S/C18H23N5O3/c1-4-9-23-17(25)8-7-15(22-23)18(26)21-20-16(24)11-19-14-6-5-12(2)10-13(14)3/h5-8,10,19H,4,9,11H2,1-3H3,(H,20,24)(H,21,26). The van der Waals surface area contributed by atoms with Gasteiger partial charge in [-0.1, -0.05) is 24.6 Å². The van der Waals surface area contributed by atoms with E-state index in [0.29, 0.717) is 6.54 Å². The van der Waals surface area contributed by atoms with Gasteiger partial charge >= 0.3 is 0 Å². The van der Waals surface area contributed by atoms with Crippen LogP contribution in [0.1, 0.15) is 35.0 Å². The summed E-state index contributed by atoms with van der Waals surface area (Å²) < 4.78 is 1.22. The van der Waals surface area contributed by atoms with Crippen molar-refractivity contribution < 1.29 is 9.59 Å². The van der Waals surface area contributed by atoms with Gasteiger partial charge < -0.3 is 5.32 Å². The van der Waals surface area contributed by atoms with Crippen LogP contribution in [0.2, 0.25) is 0 Å². The summed E-state index contributed by atoms with van der Waals surface area (Å²) in [6.45, 7) is 6.28. The van der Waals surface area contributed by atoms with Crippen LogP contribution in [0.15, 0.2) is 35.1 Å². The molecule has 1 heterocycles. The summed E-state index contributed by atoms with van der Waals surface area (Å²) in [4.78, 5) is 35.6. The third-order valence-corrected chi connectivity index (χ3v) is 3.67. The summed E-state index contributed by atoms with van der Waals surface area (Å²) >= 11 is 0. The highest BCUT2D eigenvalue weighted by atomic mass is 16.2. The van der Waals surface area contributed by atoms with Gasteiger partial charge in [0, 0.05) is 18.3 Å². The number of amides is 2. The molecule has 0 aliphatic carbocycles. The fraction of sp³-hybridized carbons (Fsp3) is 0.333. The maximum Gasteiger partial charge on any atom is 0.290 e. The molecular formula is C18H23N5O3. The zero-order chi connectivity index (χ0) is 19.1. The minimum atomic E-state index is -0.588. The Bertz CT molecular complexity index is 860. The van der Waals surface area contributed by atoms with E-state index in [0.717, 1.165) is 23.2 Å². The van der Waals surface area contributed by atoms with E-state index in [1.807, 2.05) is 39.0 Å². The Hall–Kier alpha value is -3.16. The Morgan fingerprint density at radius 2 is 1.88 bits per heavy atom. The second-order valence-corrected chi connectivity index (χ2v) is 5.95. The average Bonchev–Trinajstić information content (AvgIpc) is 2.61. The predicted octanol–water partition coefficient (Wildman–Crippen LogP) is 1.14. The Labute approximate surface area is 151 Å². The number of hydrogen-bond donors (Lipinski definition) is 3. The summed E-state index contributed by atoms with van der Waals surface area (Å²) in [6.07, 6.45) is 0.721. The first-order valence-electron chi connectivity index (χ1n) is 8.39. The van der Waals surface area contributed by atoms with Gasteiger partial charge in [0.15, 0.2) is 5.69 Å². The van der Waals surface area contributed by atoms with E-state index in [9.17, 15) is 14.4 Å². The lowest BCUT2D eigenvalue weighted by molar-refractivity contribution is -0.120. The topological polar surface area (TPSA) is 105 Å². The predicted molar refractivity (Wildman–Crippen MR) is 98.8 cm³/mol. The van der Waals surface area contributed by atoms with E-state index in [2.05, 4.69) is 21.3 Å². The highest BCUT2D eigenvalue weighted by molar-refractivity contribution is 5.93. The quantitative estimate of drug-likeness (QED) is 0.673. The molecule has 26 heavy (non-hydrogen) atoms. The first-order chi connectivity index (χ1) is 12.4. The first kappa shape index (κ1) is 19.2. The van der Waals surface area contributed by atoms with Crippen LogP contribution in [0.25, 0.3) is 0 Å². The molecule has 2 rings (SSSR count). The summed E-state index contributed by atoms with van der Waals surface area (Å²) in [5.74, 6) is -0.991. The van der Waals surface area contributed by atoms with Gasteiger partial charge in [-0.2, -0.15) is 5.10 Å². The van der Waals surface area contributed by atoms with E-state index in [4.69, 9.17) is 0 Å². The Balaban J connectivity index is 1.87. The fourth-order valence-corrected chi connectivity index (χ4v) is 2.36. The van der Waals surface area contributed by atoms with Gasteiger partial charge in [-0.15, -0.1) is 0 Å². The smallest absolute Gasteiger partial charge is 0.290 e. The summed E-state index contributed by atoms with van der Waals surface area (Å²) in [5, 5.41) is 6.99. The summed E-state index contributed by atoms with van der Waals surface area (Å²) in [5.41, 5.74) is 7.42. The van der Waals surface area contributed by atoms with Gasteiger partial charge in [0.25, 0.3) is 17.4 Å². The number of carbonyl (C=O) groups excluding carboxylic acids is 2. The Morgan fingerprint density at radius 1 is 1.12 bits per heavy atom. The lowest BCUT2D eigenvalue weighted by Crippen LogP contribution is -2.44. The van der Waals surface area contributed by atoms with E-state index < -0.39 is 11.8 Å². The molecule has 0 saturated carbocycles. The average molecular weight is 357 g/mol. The van der Waals surface area contributed by atoms with E-state index in [1.165, 1.54) is 16.8 Å². The highest BCUT2D eigenvalue weighted by Gasteiger charge is 2.11. The van der Waals surface area contributed by atoms with Crippen molar-refractivity contribution in [2.75, 3.05) is 11.9 Å². The third-order valence-electron chi connectivity index (χ3n) is 3.67. The van der Waals surface area contributed by atoms with Crippen molar-refractivity contribution in [3.05, 3.63) is 57.5 Å². The Kier molecular flexibility index (Phi) is 6.48. The van der Waals surface area contributed by atoms with Crippen LogP contribution in [-0.2, 0) is 11.3 Å². The number of hydrazine groups is 1. The molecule has 2 amide bonds. The first-order valence-corrected chi connectivity index (χ1v) is 8.39. The van der Waals surface area contributed by atoms with Crippen molar-refractivity contribution in [1.29, 1.82) is 0 Å². The van der Waals surface area contributed by atoms with E-state index >= 15 is 0 Å². The number of aryl methyl sites for hydroxylation is 3. The zero-order valence-electron chi connectivity index (χ0n) is 15.1. The van der Waals surface area contributed by atoms with Gasteiger partial charge in [0.05, 0.1) is 6.54 Å². The second-order valence-electron chi connectivity index (χ2n) is 5.95. The van der Waals surface area contributed by atoms with Crippen LogP contribution < -0.4 is 21.7 Å². The highest BCUT2D eigenvalue weighted by Crippen LogP contribution is 2.15. The van der Waals surface area contributed by atoms with Crippen molar-refractivity contribution >= 4 is 17.5 Å². The van der Waals surface area contributed by atoms with Crippen LogP contribution in [-0.4, -0.2) is 28.1 Å². The number of hydrogen-bond acceptors (Lipinski definition) is 5. The minimum Gasteiger partial charge on any atom is -0.376 e. The van der Waals surface area contributed by atoms with Crippen molar-refractivity contribution in [1.82, 2.24) is 20.6 Å². The van der Waals surface area contributed by atoms with Crippen molar-refractivity contribution in [3.8, 4) is 0 Å². The molecule has 0 aliphatic rings. The van der Waals surface area contributed by atoms with Crippen molar-refractivity contribution in [2.45, 2.75) is 33.7 Å². The molecule has 0 bridgehead atoms. The lowest BCUT2D eigenvalue weighted by atomic mass is 10.1. The maximum atomic E-state index is 12.1. The number of nitrogens with zero attached hydrogens (tertiary/aromatic N) is 2. The molecule has 0 saturated heterocycles. The van der Waals surface area contributed by atoms with Crippen LogP contribution in [0.5, 0.6) is 0 Å². The molecule has 138 valence electrons. The van der Waals surface area contributed by atoms with Crippen molar-refractivity contribution in [3.63, 3.8) is 0 Å². The van der Waals surface area contributed by atoms with Gasteiger partial charge in [-0.05, 0) is 38.0 Å². The summed E-state index contributed by atoms with van der Waals surface area (Å²) in [7, 11) is 0. The van der Waals surface area contributed by atoms with Gasteiger partial charge in [-0.25, -0.2) is 4.68 Å². The molecule has 1 aromatic carbocycles. The van der Waals surface area contributed by atoms with Crippen LogP contribution >= 0.6 is 0 Å². The number of aromatic nitrogens is 2. The third kappa shape index (κ3) is 5.17. The molecule has 0 aliphatic heterocycles. The van der Waals surface area contributed by atoms with Gasteiger partial charge in [0.1, 0.15) is 0 Å². The van der Waals surface area contributed by atoms with Crippen molar-refractivity contribution in [2.24, 2.45) is 0 Å². The number of rotatable bonds is 6. The molecular weight excluding hydrogens is 334 g/mol. The fourth-order valence-electron chi connectivity index (χ4n) is 2.36. The lowest BCUT2D eigenvalue weighted by Gasteiger charge is -2.11. The monoisotopic (exact) mass is 357 g/mol. The molecule has 2 aromatic rings. The maximum absolute atomic E-state index is 12.1. The molecule has 3 N–H and O–H groups in total. The van der Waals surface area contributed by atoms with Crippen LogP contribution in [0, 0.1) is 13.8 Å². The molecule has 0 spiro atoms. The number of benzene rings is 1. The molecule has 0 fully saturated rings. The number of anilines is 1. The molecule has 0 atom stereocenters. The van der Waals surface area contributed by atoms with Crippen LogP contribution in [0.3, 0.4) is 0 Å². The SMILES string of the molecule is CCCn1nc(C(=O)NNC(=O)CNc2ccc(C)cc2C)ccc1=O. The molecule has 1 aromatic heterocycles. The van der Waals surface area contributed by atoms with E-state index in [-0.39, 0.29) is 17.8 Å². The molecule has 0 unspecified atom stereocenters. The van der Waals surface area contributed by atoms with E-state index in [1.54, 1.807) is 0 Å². The number of carbonyl (C=O) groups is 2. The van der Waals surface area contributed by atoms with Gasteiger partial charge in [-0.3, -0.25) is 25.2 Å². The minimum absolute atomic E-state index is 0.00689. The molecule has 8 nitrogen and oxygen atoms in total. The Morgan fingerprint density at radius 3 is 2.58 bits per heavy atom. The largest absolute Gasteiger partial charge is 0.376 e. The number of nitrogens with one attached hydrogen (secondary N) is 3. The normalized spacial score (nSPS) is 10.3. The summed E-state index contributed by atoms with van der Waals surface area (Å²) in [6, 6.07) is 8.47. The van der Waals surface area contributed by atoms with Gasteiger partial charge in [0.2, 0.25) is 0 Å². The second kappa shape index (κ2) is 8.80. The molecule has 8 heteroatoms.